The van der Waals surface area contributed by atoms with Crippen molar-refractivity contribution >= 4 is 33.7 Å². The molecule has 3 N–H and O–H groups in total. The van der Waals surface area contributed by atoms with Crippen LogP contribution in [0.4, 0.5) is 5.69 Å². The lowest BCUT2D eigenvalue weighted by Gasteiger charge is -2.16. The second-order valence-corrected chi connectivity index (χ2v) is 5.82. The zero-order chi connectivity index (χ0) is 16.7. The van der Waals surface area contributed by atoms with Crippen molar-refractivity contribution in [2.75, 3.05) is 5.32 Å². The first-order valence-electron chi connectivity index (χ1n) is 7.23. The molecule has 1 atom stereocenters. The van der Waals surface area contributed by atoms with E-state index in [1.807, 2.05) is 31.2 Å². The number of phenols is 1. The molecule has 0 spiro atoms. The SMILES string of the molecule is CC[C@H](Nc1ccc(Br)cc1)C(=O)N/N=C\c1ccccc1O. The molecular weight excluding hydrogens is 358 g/mol. The summed E-state index contributed by atoms with van der Waals surface area (Å²) in [5, 5.41) is 16.7. The third-order valence-corrected chi connectivity index (χ3v) is 3.75. The van der Waals surface area contributed by atoms with Gasteiger partial charge in [0.2, 0.25) is 0 Å². The molecule has 1 amide bonds. The summed E-state index contributed by atoms with van der Waals surface area (Å²) < 4.78 is 0.979. The van der Waals surface area contributed by atoms with E-state index in [-0.39, 0.29) is 11.7 Å². The van der Waals surface area contributed by atoms with Crippen molar-refractivity contribution in [2.45, 2.75) is 19.4 Å². The average molecular weight is 376 g/mol. The first-order valence-corrected chi connectivity index (χ1v) is 8.02. The van der Waals surface area contributed by atoms with Crippen LogP contribution in [-0.4, -0.2) is 23.3 Å². The van der Waals surface area contributed by atoms with E-state index in [4.69, 9.17) is 0 Å². The number of para-hydroxylation sites is 1. The van der Waals surface area contributed by atoms with Gasteiger partial charge in [0.25, 0.3) is 5.91 Å². The molecule has 2 aromatic rings. The van der Waals surface area contributed by atoms with Crippen molar-refractivity contribution in [2.24, 2.45) is 5.10 Å². The van der Waals surface area contributed by atoms with Gasteiger partial charge in [0.05, 0.1) is 6.21 Å². The normalized spacial score (nSPS) is 12.1. The van der Waals surface area contributed by atoms with Crippen molar-refractivity contribution in [1.82, 2.24) is 5.43 Å². The standard InChI is InChI=1S/C17H18BrN3O2/c1-2-15(20-14-9-7-13(18)8-10-14)17(23)21-19-11-12-5-3-4-6-16(12)22/h3-11,15,20,22H,2H2,1H3,(H,21,23)/b19-11-/t15-/m0/s1. The summed E-state index contributed by atoms with van der Waals surface area (Å²) in [7, 11) is 0. The fraction of sp³-hybridized carbons (Fsp3) is 0.176. The van der Waals surface area contributed by atoms with E-state index in [2.05, 4.69) is 31.8 Å². The smallest absolute Gasteiger partial charge is 0.262 e. The predicted molar refractivity (Wildman–Crippen MR) is 95.7 cm³/mol. The molecule has 0 heterocycles. The Morgan fingerprint density at radius 1 is 1.26 bits per heavy atom. The number of hydrazone groups is 1. The molecule has 0 aromatic heterocycles. The molecule has 5 nitrogen and oxygen atoms in total. The summed E-state index contributed by atoms with van der Waals surface area (Å²) in [5.41, 5.74) is 3.89. The van der Waals surface area contributed by atoms with Gasteiger partial charge in [0.1, 0.15) is 11.8 Å². The number of nitrogens with one attached hydrogen (secondary N) is 2. The number of rotatable bonds is 6. The molecule has 0 bridgehead atoms. The van der Waals surface area contributed by atoms with Crippen LogP contribution in [0.1, 0.15) is 18.9 Å². The van der Waals surface area contributed by atoms with Gasteiger partial charge < -0.3 is 10.4 Å². The lowest BCUT2D eigenvalue weighted by atomic mass is 10.2. The van der Waals surface area contributed by atoms with Crippen LogP contribution in [0.2, 0.25) is 0 Å². The number of aromatic hydroxyl groups is 1. The molecule has 23 heavy (non-hydrogen) atoms. The molecule has 0 saturated carbocycles. The fourth-order valence-electron chi connectivity index (χ4n) is 1.94. The van der Waals surface area contributed by atoms with Gasteiger partial charge in [-0.1, -0.05) is 35.0 Å². The average Bonchev–Trinajstić information content (AvgIpc) is 2.56. The van der Waals surface area contributed by atoms with Gasteiger partial charge in [-0.3, -0.25) is 4.79 Å². The summed E-state index contributed by atoms with van der Waals surface area (Å²) in [4.78, 5) is 12.2. The van der Waals surface area contributed by atoms with Crippen LogP contribution >= 0.6 is 15.9 Å². The van der Waals surface area contributed by atoms with E-state index >= 15 is 0 Å². The van der Waals surface area contributed by atoms with Crippen LogP contribution in [0.15, 0.2) is 58.1 Å². The lowest BCUT2D eigenvalue weighted by molar-refractivity contribution is -0.121. The fourth-order valence-corrected chi connectivity index (χ4v) is 2.20. The minimum Gasteiger partial charge on any atom is -0.507 e. The Kier molecular flexibility index (Phi) is 6.17. The van der Waals surface area contributed by atoms with E-state index < -0.39 is 6.04 Å². The van der Waals surface area contributed by atoms with Gasteiger partial charge in [-0.05, 0) is 42.8 Å². The molecule has 2 rings (SSSR count). The minimum absolute atomic E-state index is 0.116. The van der Waals surface area contributed by atoms with Gasteiger partial charge in [0, 0.05) is 15.7 Å². The van der Waals surface area contributed by atoms with Crippen molar-refractivity contribution in [3.63, 3.8) is 0 Å². The summed E-state index contributed by atoms with van der Waals surface area (Å²) >= 11 is 3.37. The number of carbonyl (C=O) groups excluding carboxylic acids is 1. The first-order chi connectivity index (χ1) is 11.1. The van der Waals surface area contributed by atoms with Crippen LogP contribution < -0.4 is 10.7 Å². The van der Waals surface area contributed by atoms with E-state index in [1.54, 1.807) is 24.3 Å². The van der Waals surface area contributed by atoms with E-state index in [9.17, 15) is 9.90 Å². The van der Waals surface area contributed by atoms with Crippen molar-refractivity contribution in [1.29, 1.82) is 0 Å². The maximum atomic E-state index is 12.2. The van der Waals surface area contributed by atoms with Crippen molar-refractivity contribution in [3.05, 3.63) is 58.6 Å². The molecular formula is C17H18BrN3O2. The van der Waals surface area contributed by atoms with E-state index in [1.165, 1.54) is 6.21 Å². The Hall–Kier alpha value is -2.34. The van der Waals surface area contributed by atoms with Gasteiger partial charge in [-0.25, -0.2) is 5.43 Å². The van der Waals surface area contributed by atoms with Gasteiger partial charge in [0.15, 0.2) is 0 Å². The van der Waals surface area contributed by atoms with Crippen LogP contribution in [0.3, 0.4) is 0 Å². The molecule has 6 heteroatoms. The quantitative estimate of drug-likeness (QED) is 0.534. The molecule has 0 radical (unpaired) electrons. The van der Waals surface area contributed by atoms with Crippen LogP contribution in [-0.2, 0) is 4.79 Å². The van der Waals surface area contributed by atoms with Gasteiger partial charge in [-0.15, -0.1) is 0 Å². The Labute approximate surface area is 143 Å². The Morgan fingerprint density at radius 2 is 1.96 bits per heavy atom. The number of carbonyl (C=O) groups is 1. The number of benzene rings is 2. The number of hydrogen-bond donors (Lipinski definition) is 3. The second kappa shape index (κ2) is 8.33. The molecule has 0 aliphatic heterocycles. The Bertz CT molecular complexity index is 686. The monoisotopic (exact) mass is 375 g/mol. The molecule has 2 aromatic carbocycles. The molecule has 120 valence electrons. The van der Waals surface area contributed by atoms with Crippen LogP contribution in [0.5, 0.6) is 5.75 Å². The first kappa shape index (κ1) is 17.0. The van der Waals surface area contributed by atoms with E-state index in [0.717, 1.165) is 10.2 Å². The Balaban J connectivity index is 1.95. The number of anilines is 1. The Morgan fingerprint density at radius 3 is 2.61 bits per heavy atom. The van der Waals surface area contributed by atoms with Crippen molar-refractivity contribution < 1.29 is 9.90 Å². The van der Waals surface area contributed by atoms with Gasteiger partial charge in [-0.2, -0.15) is 5.10 Å². The highest BCUT2D eigenvalue weighted by atomic mass is 79.9. The maximum absolute atomic E-state index is 12.2. The zero-order valence-electron chi connectivity index (χ0n) is 12.7. The van der Waals surface area contributed by atoms with Crippen LogP contribution in [0.25, 0.3) is 0 Å². The van der Waals surface area contributed by atoms with Crippen molar-refractivity contribution in [3.8, 4) is 5.75 Å². The maximum Gasteiger partial charge on any atom is 0.262 e. The third kappa shape index (κ3) is 5.10. The minimum atomic E-state index is -0.391. The molecule has 0 saturated heterocycles. The highest BCUT2D eigenvalue weighted by molar-refractivity contribution is 9.10. The predicted octanol–water partition coefficient (Wildman–Crippen LogP) is 3.50. The largest absolute Gasteiger partial charge is 0.507 e. The highest BCUT2D eigenvalue weighted by Crippen LogP contribution is 2.16. The molecule has 0 unspecified atom stereocenters. The number of nitrogens with zero attached hydrogens (tertiary/aromatic N) is 1. The molecule has 0 aliphatic carbocycles. The molecule has 0 aliphatic rings. The number of phenolic OH excluding ortho intramolecular Hbond substituents is 1. The number of amides is 1. The number of halogens is 1. The zero-order valence-corrected chi connectivity index (χ0v) is 14.2. The summed E-state index contributed by atoms with van der Waals surface area (Å²) in [6, 6.07) is 14.0. The lowest BCUT2D eigenvalue weighted by Crippen LogP contribution is -2.36. The number of hydrogen-bond acceptors (Lipinski definition) is 4. The molecule has 0 fully saturated rings. The third-order valence-electron chi connectivity index (χ3n) is 3.22. The second-order valence-electron chi connectivity index (χ2n) is 4.91. The highest BCUT2D eigenvalue weighted by Gasteiger charge is 2.15. The summed E-state index contributed by atoms with van der Waals surface area (Å²) in [6.45, 7) is 1.92. The van der Waals surface area contributed by atoms with Crippen LogP contribution in [0, 0.1) is 0 Å². The summed E-state index contributed by atoms with van der Waals surface area (Å²) in [5.74, 6) is -0.118. The van der Waals surface area contributed by atoms with E-state index in [0.29, 0.717) is 12.0 Å². The van der Waals surface area contributed by atoms with Gasteiger partial charge >= 0.3 is 0 Å². The topological polar surface area (TPSA) is 73.7 Å². The summed E-state index contributed by atoms with van der Waals surface area (Å²) in [6.07, 6.45) is 2.04.